The van der Waals surface area contributed by atoms with E-state index in [1.54, 1.807) is 0 Å². The number of pyridine rings is 1. The van der Waals surface area contributed by atoms with Crippen molar-refractivity contribution in [2.24, 2.45) is 0 Å². The Morgan fingerprint density at radius 1 is 1.14 bits per heavy atom. The van der Waals surface area contributed by atoms with Crippen LogP contribution in [0, 0.1) is 17.5 Å². The van der Waals surface area contributed by atoms with Crippen LogP contribution in [-0.4, -0.2) is 4.98 Å². The molecule has 0 aliphatic carbocycles. The van der Waals surface area contributed by atoms with E-state index < -0.39 is 28.4 Å². The lowest BCUT2D eigenvalue weighted by molar-refractivity contribution is 0.505. The number of hydrogen-bond donors (Lipinski definition) is 1. The largest absolute Gasteiger partial charge is 0.328 e. The number of H-pyrrole nitrogens is 1. The van der Waals surface area contributed by atoms with Crippen LogP contribution in [0.4, 0.5) is 13.2 Å². The fraction of sp³-hybridized carbons (Fsp3) is 0. The van der Waals surface area contributed by atoms with Crippen LogP contribution in [0.25, 0.3) is 10.8 Å². The van der Waals surface area contributed by atoms with Gasteiger partial charge in [0, 0.05) is 17.6 Å². The van der Waals surface area contributed by atoms with Crippen molar-refractivity contribution in [2.75, 3.05) is 0 Å². The van der Waals surface area contributed by atoms with Crippen LogP contribution < -0.4 is 5.56 Å². The third-order valence-electron chi connectivity index (χ3n) is 1.90. The number of fused-ring (bicyclic) bond motifs is 1. The number of hydrogen-bond acceptors (Lipinski definition) is 1. The summed E-state index contributed by atoms with van der Waals surface area (Å²) in [4.78, 5) is 13.2. The van der Waals surface area contributed by atoms with Crippen molar-refractivity contribution < 1.29 is 13.2 Å². The van der Waals surface area contributed by atoms with Crippen molar-refractivity contribution in [3.05, 3.63) is 46.1 Å². The minimum Gasteiger partial charge on any atom is -0.328 e. The standard InChI is InChI=1S/C9H4F3NO/c10-5-3-6(11)8(12)7-4(5)1-2-13-9(7)14/h1-3H,(H,13,14). The Morgan fingerprint density at radius 2 is 1.86 bits per heavy atom. The predicted octanol–water partition coefficient (Wildman–Crippen LogP) is 1.95. The lowest BCUT2D eigenvalue weighted by Crippen LogP contribution is -2.08. The fourth-order valence-electron chi connectivity index (χ4n) is 1.27. The monoisotopic (exact) mass is 199 g/mol. The fourth-order valence-corrected chi connectivity index (χ4v) is 1.27. The van der Waals surface area contributed by atoms with E-state index in [0.29, 0.717) is 6.07 Å². The van der Waals surface area contributed by atoms with Gasteiger partial charge in [-0.15, -0.1) is 0 Å². The smallest absolute Gasteiger partial charge is 0.259 e. The molecule has 0 saturated heterocycles. The normalized spacial score (nSPS) is 10.8. The molecule has 0 amide bonds. The SMILES string of the molecule is O=c1[nH]ccc2c(F)cc(F)c(F)c12. The zero-order valence-electron chi connectivity index (χ0n) is 6.77. The molecule has 0 radical (unpaired) electrons. The second-order valence-electron chi connectivity index (χ2n) is 2.75. The van der Waals surface area contributed by atoms with Gasteiger partial charge in [-0.25, -0.2) is 13.2 Å². The van der Waals surface area contributed by atoms with Crippen LogP contribution in [0.1, 0.15) is 0 Å². The maximum Gasteiger partial charge on any atom is 0.259 e. The molecule has 1 aromatic carbocycles. The summed E-state index contributed by atoms with van der Waals surface area (Å²) < 4.78 is 38.8. The first-order chi connectivity index (χ1) is 6.61. The summed E-state index contributed by atoms with van der Waals surface area (Å²) in [5.74, 6) is -3.65. The van der Waals surface area contributed by atoms with Gasteiger partial charge < -0.3 is 4.98 Å². The molecule has 1 heterocycles. The second kappa shape index (κ2) is 2.87. The first kappa shape index (κ1) is 8.80. The number of nitrogens with one attached hydrogen (secondary N) is 1. The van der Waals surface area contributed by atoms with Gasteiger partial charge in [-0.05, 0) is 6.07 Å². The number of benzene rings is 1. The maximum absolute atomic E-state index is 13.1. The third kappa shape index (κ3) is 1.09. The molecular formula is C9H4F3NO. The van der Waals surface area contributed by atoms with Gasteiger partial charge in [-0.3, -0.25) is 4.79 Å². The highest BCUT2D eigenvalue weighted by molar-refractivity contribution is 5.82. The van der Waals surface area contributed by atoms with Crippen molar-refractivity contribution in [3.8, 4) is 0 Å². The van der Waals surface area contributed by atoms with Crippen molar-refractivity contribution in [3.63, 3.8) is 0 Å². The molecule has 1 N–H and O–H groups in total. The van der Waals surface area contributed by atoms with Gasteiger partial charge in [-0.2, -0.15) is 0 Å². The quantitative estimate of drug-likeness (QED) is 0.646. The summed E-state index contributed by atoms with van der Waals surface area (Å²) in [5, 5.41) is -0.822. The lowest BCUT2D eigenvalue weighted by atomic mass is 10.1. The second-order valence-corrected chi connectivity index (χ2v) is 2.75. The third-order valence-corrected chi connectivity index (χ3v) is 1.90. The highest BCUT2D eigenvalue weighted by Crippen LogP contribution is 2.19. The predicted molar refractivity (Wildman–Crippen MR) is 44.4 cm³/mol. The molecule has 2 aromatic rings. The highest BCUT2D eigenvalue weighted by Gasteiger charge is 2.14. The molecule has 0 atom stereocenters. The molecule has 0 saturated carbocycles. The average Bonchev–Trinajstić information content (AvgIpc) is 2.14. The molecule has 0 aliphatic rings. The molecule has 0 fully saturated rings. The van der Waals surface area contributed by atoms with Gasteiger partial charge in [0.2, 0.25) is 0 Å². The van der Waals surface area contributed by atoms with Crippen molar-refractivity contribution in [1.29, 1.82) is 0 Å². The summed E-state index contributed by atoms with van der Waals surface area (Å²) >= 11 is 0. The van der Waals surface area contributed by atoms with E-state index in [2.05, 4.69) is 4.98 Å². The van der Waals surface area contributed by atoms with Gasteiger partial charge in [0.25, 0.3) is 5.56 Å². The highest BCUT2D eigenvalue weighted by atomic mass is 19.2. The summed E-state index contributed by atoms with van der Waals surface area (Å²) in [6.45, 7) is 0. The Morgan fingerprint density at radius 3 is 2.57 bits per heavy atom. The van der Waals surface area contributed by atoms with Crippen molar-refractivity contribution in [2.45, 2.75) is 0 Å². The lowest BCUT2D eigenvalue weighted by Gasteiger charge is -2.00. The molecule has 5 heteroatoms. The summed E-state index contributed by atoms with van der Waals surface area (Å²) in [6, 6.07) is 1.59. The van der Waals surface area contributed by atoms with E-state index in [-0.39, 0.29) is 5.39 Å². The topological polar surface area (TPSA) is 32.9 Å². The van der Waals surface area contributed by atoms with Gasteiger partial charge >= 0.3 is 0 Å². The van der Waals surface area contributed by atoms with Crippen molar-refractivity contribution in [1.82, 2.24) is 4.98 Å². The maximum atomic E-state index is 13.1. The molecular weight excluding hydrogens is 195 g/mol. The van der Waals surface area contributed by atoms with Crippen LogP contribution in [0.3, 0.4) is 0 Å². The van der Waals surface area contributed by atoms with Crippen molar-refractivity contribution >= 4 is 10.8 Å². The molecule has 14 heavy (non-hydrogen) atoms. The molecule has 72 valence electrons. The van der Waals surface area contributed by atoms with E-state index in [0.717, 1.165) is 0 Å². The van der Waals surface area contributed by atoms with E-state index in [4.69, 9.17) is 0 Å². The minimum atomic E-state index is -1.37. The summed E-state index contributed by atoms with van der Waals surface area (Å²) in [7, 11) is 0. The Bertz CT molecular complexity index is 562. The molecule has 0 spiro atoms. The van der Waals surface area contributed by atoms with Crippen LogP contribution in [-0.2, 0) is 0 Å². The molecule has 2 nitrogen and oxygen atoms in total. The Hall–Kier alpha value is -1.78. The summed E-state index contributed by atoms with van der Waals surface area (Å²) in [5.41, 5.74) is -0.849. The number of rotatable bonds is 0. The van der Waals surface area contributed by atoms with Gasteiger partial charge in [0.15, 0.2) is 11.6 Å². The molecule has 2 rings (SSSR count). The van der Waals surface area contributed by atoms with Crippen LogP contribution in [0.5, 0.6) is 0 Å². The average molecular weight is 199 g/mol. The zero-order chi connectivity index (χ0) is 10.3. The molecule has 1 aromatic heterocycles. The molecule has 0 bridgehead atoms. The molecule has 0 aliphatic heterocycles. The number of halogens is 3. The van der Waals surface area contributed by atoms with Gasteiger partial charge in [-0.1, -0.05) is 0 Å². The first-order valence-corrected chi connectivity index (χ1v) is 3.76. The number of aromatic amines is 1. The Labute approximate surface area is 76.0 Å². The molecule has 0 unspecified atom stereocenters. The van der Waals surface area contributed by atoms with Crippen LogP contribution in [0.2, 0.25) is 0 Å². The first-order valence-electron chi connectivity index (χ1n) is 3.76. The van der Waals surface area contributed by atoms with Gasteiger partial charge in [0.05, 0.1) is 5.39 Å². The zero-order valence-corrected chi connectivity index (χ0v) is 6.77. The number of aromatic nitrogens is 1. The van der Waals surface area contributed by atoms with E-state index in [1.165, 1.54) is 12.3 Å². The Kier molecular flexibility index (Phi) is 1.80. The van der Waals surface area contributed by atoms with E-state index >= 15 is 0 Å². The van der Waals surface area contributed by atoms with Crippen LogP contribution in [0.15, 0.2) is 23.1 Å². The van der Waals surface area contributed by atoms with Gasteiger partial charge in [0.1, 0.15) is 5.82 Å². The summed E-state index contributed by atoms with van der Waals surface area (Å²) in [6.07, 6.45) is 1.17. The van der Waals surface area contributed by atoms with E-state index in [9.17, 15) is 18.0 Å². The Balaban J connectivity index is 3.11. The minimum absolute atomic E-state index is 0.229. The van der Waals surface area contributed by atoms with E-state index in [1.807, 2.05) is 0 Å². The van der Waals surface area contributed by atoms with Crippen LogP contribution >= 0.6 is 0 Å².